The second-order valence-electron chi connectivity index (χ2n) is 8.01. The van der Waals surface area contributed by atoms with Crippen molar-refractivity contribution in [1.29, 1.82) is 0 Å². The molecular formula is C24H30N2O5-2. The zero-order valence-corrected chi connectivity index (χ0v) is 18.1. The van der Waals surface area contributed by atoms with E-state index in [0.717, 1.165) is 12.3 Å². The number of rotatable bonds is 6. The number of fused-ring (bicyclic) bond motifs is 3. The molecule has 31 heavy (non-hydrogen) atoms. The maximum atomic E-state index is 9.41. The molecule has 1 aliphatic heterocycles. The van der Waals surface area contributed by atoms with E-state index in [0.29, 0.717) is 12.2 Å². The molecule has 1 fully saturated rings. The number of nitrogens with zero attached hydrogens (tertiary/aromatic N) is 2. The van der Waals surface area contributed by atoms with E-state index >= 15 is 0 Å². The van der Waals surface area contributed by atoms with E-state index in [4.69, 9.17) is 4.74 Å². The van der Waals surface area contributed by atoms with Crippen molar-refractivity contribution in [3.63, 3.8) is 0 Å². The number of aliphatic carboxylic acids is 2. The van der Waals surface area contributed by atoms with Crippen molar-refractivity contribution in [3.05, 3.63) is 41.6 Å². The van der Waals surface area contributed by atoms with Gasteiger partial charge in [-0.1, -0.05) is 18.6 Å². The Balaban J connectivity index is 0.000000293. The van der Waals surface area contributed by atoms with Crippen LogP contribution in [0.4, 0.5) is 0 Å². The van der Waals surface area contributed by atoms with Gasteiger partial charge in [0.2, 0.25) is 0 Å². The van der Waals surface area contributed by atoms with Gasteiger partial charge in [0.05, 0.1) is 24.6 Å². The Bertz CT molecular complexity index is 925. The lowest BCUT2D eigenvalue weighted by molar-refractivity contribution is -0.301. The van der Waals surface area contributed by atoms with Crippen LogP contribution in [0.2, 0.25) is 0 Å². The molecule has 7 heteroatoms. The minimum absolute atomic E-state index is 0.384. The van der Waals surface area contributed by atoms with Gasteiger partial charge in [0.25, 0.3) is 0 Å². The molecule has 0 unspecified atom stereocenters. The molecule has 0 atom stereocenters. The average molecular weight is 427 g/mol. The van der Waals surface area contributed by atoms with E-state index < -0.39 is 11.9 Å². The lowest BCUT2D eigenvalue weighted by Gasteiger charge is -2.27. The van der Waals surface area contributed by atoms with Crippen LogP contribution in [0.15, 0.2) is 30.4 Å². The highest BCUT2D eigenvalue weighted by atomic mass is 16.5. The molecular weight excluding hydrogens is 396 g/mol. The van der Waals surface area contributed by atoms with Crippen LogP contribution in [0.25, 0.3) is 10.9 Å². The van der Waals surface area contributed by atoms with Crippen LogP contribution in [0.5, 0.6) is 5.75 Å². The van der Waals surface area contributed by atoms with Crippen molar-refractivity contribution in [2.45, 2.75) is 51.5 Å². The summed E-state index contributed by atoms with van der Waals surface area (Å²) in [6.45, 7) is 4.83. The first kappa shape index (κ1) is 22.9. The molecule has 1 aromatic heterocycles. The lowest BCUT2D eigenvalue weighted by atomic mass is 9.95. The number of carbonyl (C=O) groups is 2. The van der Waals surface area contributed by atoms with E-state index in [1.54, 1.807) is 18.4 Å². The number of carbonyl (C=O) groups excluding carboxylic acids is 2. The van der Waals surface area contributed by atoms with Gasteiger partial charge in [-0.3, -0.25) is 0 Å². The normalized spacial score (nSPS) is 16.5. The Labute approximate surface area is 182 Å². The maximum absolute atomic E-state index is 9.41. The SMILES string of the molecule is COc1cccc2c3c(n(CCN4CCCCC4)c12)CCCC3.O=C([O-])C=CC(=O)[O-]. The van der Waals surface area contributed by atoms with Gasteiger partial charge < -0.3 is 34.0 Å². The summed E-state index contributed by atoms with van der Waals surface area (Å²) in [6, 6.07) is 6.55. The zero-order valence-electron chi connectivity index (χ0n) is 18.1. The van der Waals surface area contributed by atoms with E-state index in [1.165, 1.54) is 75.5 Å². The number of hydrogen-bond acceptors (Lipinski definition) is 6. The third kappa shape index (κ3) is 5.88. The fourth-order valence-electron chi connectivity index (χ4n) is 4.63. The first-order valence-corrected chi connectivity index (χ1v) is 11.0. The molecule has 2 aromatic rings. The predicted octanol–water partition coefficient (Wildman–Crippen LogP) is 1.06. The van der Waals surface area contributed by atoms with Crippen LogP contribution in [-0.2, 0) is 29.0 Å². The molecule has 0 N–H and O–H groups in total. The molecule has 0 radical (unpaired) electrons. The number of aromatic nitrogens is 1. The highest BCUT2D eigenvalue weighted by Gasteiger charge is 2.22. The van der Waals surface area contributed by atoms with Crippen LogP contribution in [0.1, 0.15) is 43.4 Å². The molecule has 7 nitrogen and oxygen atoms in total. The fourth-order valence-corrected chi connectivity index (χ4v) is 4.63. The monoisotopic (exact) mass is 426 g/mol. The van der Waals surface area contributed by atoms with Crippen LogP contribution in [0, 0.1) is 0 Å². The smallest absolute Gasteiger partial charge is 0.143 e. The minimum atomic E-state index is -1.55. The van der Waals surface area contributed by atoms with Gasteiger partial charge >= 0.3 is 0 Å². The number of para-hydroxylation sites is 1. The molecule has 0 spiro atoms. The number of methoxy groups -OCH3 is 1. The summed E-state index contributed by atoms with van der Waals surface area (Å²) >= 11 is 0. The van der Waals surface area contributed by atoms with Gasteiger partial charge in [0.1, 0.15) is 5.75 Å². The molecule has 0 saturated carbocycles. The largest absolute Gasteiger partial charge is 0.545 e. The second-order valence-corrected chi connectivity index (χ2v) is 8.01. The number of hydrogen-bond donors (Lipinski definition) is 0. The van der Waals surface area contributed by atoms with Gasteiger partial charge in [0.15, 0.2) is 0 Å². The first-order valence-electron chi connectivity index (χ1n) is 11.0. The van der Waals surface area contributed by atoms with Crippen molar-refractivity contribution in [2.75, 3.05) is 26.7 Å². The molecule has 2 aliphatic rings. The van der Waals surface area contributed by atoms with Gasteiger partial charge in [-0.25, -0.2) is 0 Å². The van der Waals surface area contributed by atoms with Crippen LogP contribution in [-0.4, -0.2) is 48.1 Å². The Morgan fingerprint density at radius 3 is 2.29 bits per heavy atom. The Kier molecular flexibility index (Phi) is 8.12. The molecule has 1 aliphatic carbocycles. The number of piperidine rings is 1. The summed E-state index contributed by atoms with van der Waals surface area (Å²) < 4.78 is 8.28. The maximum Gasteiger partial charge on any atom is 0.143 e. The Hall–Kier alpha value is -2.80. The molecule has 168 valence electrons. The summed E-state index contributed by atoms with van der Waals surface area (Å²) in [6.07, 6.45) is 10.0. The number of aryl methyl sites for hydroxylation is 1. The minimum Gasteiger partial charge on any atom is -0.545 e. The van der Waals surface area contributed by atoms with Gasteiger partial charge in [0, 0.05) is 24.2 Å². The molecule has 2 heterocycles. The number of ether oxygens (including phenoxy) is 1. The Morgan fingerprint density at radius 1 is 0.968 bits per heavy atom. The van der Waals surface area contributed by atoms with Crippen molar-refractivity contribution >= 4 is 22.8 Å². The third-order valence-corrected chi connectivity index (χ3v) is 6.02. The van der Waals surface area contributed by atoms with E-state index in [9.17, 15) is 19.8 Å². The first-order chi connectivity index (χ1) is 15.0. The summed E-state index contributed by atoms with van der Waals surface area (Å²) in [4.78, 5) is 21.5. The number of carboxylic acids is 2. The number of benzene rings is 1. The van der Waals surface area contributed by atoms with E-state index in [1.807, 2.05) is 0 Å². The van der Waals surface area contributed by atoms with Crippen LogP contribution < -0.4 is 14.9 Å². The topological polar surface area (TPSA) is 97.7 Å². The zero-order chi connectivity index (χ0) is 22.2. The standard InChI is InChI=1S/C20H28N2O.C4H4O4/c1-23-19-11-7-9-17-16-8-3-4-10-18(16)22(20(17)19)15-14-21-12-5-2-6-13-21;5-3(6)1-2-4(7)8/h7,9,11H,2-6,8,10,12-15H2,1H3;1-2H,(H,5,6)(H,7,8)/p-2. The molecule has 0 amide bonds. The summed E-state index contributed by atoms with van der Waals surface area (Å²) in [5, 5.41) is 20.3. The Morgan fingerprint density at radius 2 is 1.65 bits per heavy atom. The van der Waals surface area contributed by atoms with Gasteiger partial charge in [-0.05, 0) is 75.4 Å². The molecule has 1 saturated heterocycles. The molecule has 1 aromatic carbocycles. The summed E-state index contributed by atoms with van der Waals surface area (Å²) in [5.74, 6) is -2.06. The molecule has 0 bridgehead atoms. The lowest BCUT2D eigenvalue weighted by Crippen LogP contribution is -2.32. The van der Waals surface area contributed by atoms with Crippen LogP contribution >= 0.6 is 0 Å². The predicted molar refractivity (Wildman–Crippen MR) is 115 cm³/mol. The van der Waals surface area contributed by atoms with Crippen molar-refractivity contribution in [3.8, 4) is 5.75 Å². The van der Waals surface area contributed by atoms with E-state index in [2.05, 4.69) is 27.7 Å². The van der Waals surface area contributed by atoms with Crippen molar-refractivity contribution in [1.82, 2.24) is 9.47 Å². The summed E-state index contributed by atoms with van der Waals surface area (Å²) in [5.41, 5.74) is 4.50. The van der Waals surface area contributed by atoms with Crippen LogP contribution in [0.3, 0.4) is 0 Å². The fraction of sp³-hybridized carbons (Fsp3) is 0.500. The van der Waals surface area contributed by atoms with Gasteiger partial charge in [-0.2, -0.15) is 0 Å². The van der Waals surface area contributed by atoms with Crippen molar-refractivity contribution in [2.24, 2.45) is 0 Å². The average Bonchev–Trinajstić information content (AvgIpc) is 3.11. The highest BCUT2D eigenvalue weighted by Crippen LogP contribution is 2.36. The van der Waals surface area contributed by atoms with E-state index in [-0.39, 0.29) is 0 Å². The number of likely N-dealkylation sites (tertiary alicyclic amines) is 1. The summed E-state index contributed by atoms with van der Waals surface area (Å²) in [7, 11) is 1.80. The number of carboxylic acid groups (broad SMARTS) is 2. The van der Waals surface area contributed by atoms with Crippen molar-refractivity contribution < 1.29 is 24.5 Å². The molecule has 4 rings (SSSR count). The quantitative estimate of drug-likeness (QED) is 0.641. The van der Waals surface area contributed by atoms with Gasteiger partial charge in [-0.15, -0.1) is 0 Å². The third-order valence-electron chi connectivity index (χ3n) is 6.02. The second kappa shape index (κ2) is 11.0. The highest BCUT2D eigenvalue weighted by molar-refractivity contribution is 5.91.